The van der Waals surface area contributed by atoms with Crippen molar-refractivity contribution in [3.05, 3.63) is 35.2 Å². The van der Waals surface area contributed by atoms with E-state index < -0.39 is 0 Å². The molecule has 0 aliphatic rings. The Labute approximate surface area is 116 Å². The van der Waals surface area contributed by atoms with E-state index >= 15 is 0 Å². The number of hydrogen-bond acceptors (Lipinski definition) is 4. The highest BCUT2D eigenvalue weighted by molar-refractivity contribution is 7.13. The van der Waals surface area contributed by atoms with Crippen LogP contribution in [0.25, 0.3) is 11.3 Å². The zero-order valence-electron chi connectivity index (χ0n) is 11.2. The number of carbonyl (C=O) groups excluding carboxylic acids is 1. The van der Waals surface area contributed by atoms with Gasteiger partial charge in [-0.3, -0.25) is 4.79 Å². The van der Waals surface area contributed by atoms with Crippen molar-refractivity contribution in [1.29, 1.82) is 0 Å². The summed E-state index contributed by atoms with van der Waals surface area (Å²) in [5.74, 6) is -0.0724. The lowest BCUT2D eigenvalue weighted by Crippen LogP contribution is -2.40. The van der Waals surface area contributed by atoms with Gasteiger partial charge in [0.2, 0.25) is 0 Å². The summed E-state index contributed by atoms with van der Waals surface area (Å²) in [6.45, 7) is 5.87. The fourth-order valence-electron chi connectivity index (χ4n) is 1.63. The predicted molar refractivity (Wildman–Crippen MR) is 79.2 cm³/mol. The second-order valence-electron chi connectivity index (χ2n) is 5.35. The number of carbonyl (C=O) groups is 1. The van der Waals surface area contributed by atoms with E-state index in [2.05, 4.69) is 10.3 Å². The van der Waals surface area contributed by atoms with E-state index in [9.17, 15) is 4.79 Å². The highest BCUT2D eigenvalue weighted by Crippen LogP contribution is 2.23. The van der Waals surface area contributed by atoms with Crippen molar-refractivity contribution in [1.82, 2.24) is 10.3 Å². The van der Waals surface area contributed by atoms with Crippen LogP contribution in [-0.2, 0) is 0 Å². The van der Waals surface area contributed by atoms with Crippen molar-refractivity contribution in [3.63, 3.8) is 0 Å². The average Bonchev–Trinajstić information content (AvgIpc) is 2.74. The van der Waals surface area contributed by atoms with Gasteiger partial charge in [0.1, 0.15) is 0 Å². The normalized spacial score (nSPS) is 11.3. The van der Waals surface area contributed by atoms with Crippen LogP contribution in [0.15, 0.2) is 29.6 Å². The van der Waals surface area contributed by atoms with E-state index in [1.807, 2.05) is 38.3 Å². The molecule has 0 fully saturated rings. The smallest absolute Gasteiger partial charge is 0.251 e. The fraction of sp³-hybridized carbons (Fsp3) is 0.286. The third-order valence-electron chi connectivity index (χ3n) is 2.45. The third-order valence-corrected chi connectivity index (χ3v) is 3.13. The Morgan fingerprint density at radius 3 is 2.37 bits per heavy atom. The number of aromatic nitrogens is 1. The van der Waals surface area contributed by atoms with E-state index in [-0.39, 0.29) is 11.4 Å². The summed E-state index contributed by atoms with van der Waals surface area (Å²) in [7, 11) is 0. The highest BCUT2D eigenvalue weighted by Gasteiger charge is 2.15. The van der Waals surface area contributed by atoms with E-state index in [1.165, 1.54) is 11.3 Å². The summed E-state index contributed by atoms with van der Waals surface area (Å²) in [6, 6.07) is 7.36. The molecule has 2 rings (SSSR count). The molecule has 0 atom stereocenters. The number of hydrogen-bond donors (Lipinski definition) is 2. The summed E-state index contributed by atoms with van der Waals surface area (Å²) >= 11 is 1.40. The van der Waals surface area contributed by atoms with Crippen molar-refractivity contribution < 1.29 is 4.79 Å². The molecule has 0 bridgehead atoms. The minimum atomic E-state index is -0.237. The maximum atomic E-state index is 12.0. The van der Waals surface area contributed by atoms with Gasteiger partial charge < -0.3 is 11.1 Å². The van der Waals surface area contributed by atoms with Crippen LogP contribution >= 0.6 is 11.3 Å². The highest BCUT2D eigenvalue weighted by atomic mass is 32.1. The topological polar surface area (TPSA) is 68.0 Å². The Hall–Kier alpha value is -1.88. The number of benzene rings is 1. The maximum absolute atomic E-state index is 12.0. The number of nitrogen functional groups attached to an aromatic ring is 1. The molecule has 0 saturated heterocycles. The van der Waals surface area contributed by atoms with Gasteiger partial charge in [0.25, 0.3) is 5.91 Å². The van der Waals surface area contributed by atoms with E-state index in [1.54, 1.807) is 12.1 Å². The van der Waals surface area contributed by atoms with Crippen LogP contribution in [0.2, 0.25) is 0 Å². The molecule has 3 N–H and O–H groups in total. The van der Waals surface area contributed by atoms with Gasteiger partial charge in [-0.05, 0) is 32.9 Å². The SMILES string of the molecule is CC(C)(C)NC(=O)c1ccc(-c2csc(N)n2)cc1. The van der Waals surface area contributed by atoms with Gasteiger partial charge >= 0.3 is 0 Å². The zero-order valence-corrected chi connectivity index (χ0v) is 12.0. The van der Waals surface area contributed by atoms with Crippen molar-refractivity contribution in [2.75, 3.05) is 5.73 Å². The minimum Gasteiger partial charge on any atom is -0.375 e. The van der Waals surface area contributed by atoms with E-state index in [4.69, 9.17) is 5.73 Å². The zero-order chi connectivity index (χ0) is 14.0. The largest absolute Gasteiger partial charge is 0.375 e. The molecule has 1 aromatic carbocycles. The van der Waals surface area contributed by atoms with Crippen LogP contribution in [-0.4, -0.2) is 16.4 Å². The molecule has 0 radical (unpaired) electrons. The molecule has 0 unspecified atom stereocenters. The summed E-state index contributed by atoms with van der Waals surface area (Å²) in [5, 5.41) is 5.37. The molecule has 0 saturated carbocycles. The Kier molecular flexibility index (Phi) is 3.57. The first-order valence-corrected chi connectivity index (χ1v) is 6.87. The van der Waals surface area contributed by atoms with Crippen LogP contribution in [0.4, 0.5) is 5.13 Å². The lowest BCUT2D eigenvalue weighted by Gasteiger charge is -2.20. The first kappa shape index (κ1) is 13.5. The van der Waals surface area contributed by atoms with Crippen LogP contribution in [0.5, 0.6) is 0 Å². The molecule has 1 amide bonds. The summed E-state index contributed by atoms with van der Waals surface area (Å²) in [6.07, 6.45) is 0. The quantitative estimate of drug-likeness (QED) is 0.885. The second-order valence-corrected chi connectivity index (χ2v) is 6.24. The monoisotopic (exact) mass is 275 g/mol. The number of amides is 1. The third kappa shape index (κ3) is 3.54. The molecule has 100 valence electrons. The number of nitrogens with two attached hydrogens (primary N) is 1. The van der Waals surface area contributed by atoms with Crippen LogP contribution in [0.1, 0.15) is 31.1 Å². The Morgan fingerprint density at radius 1 is 1.26 bits per heavy atom. The van der Waals surface area contributed by atoms with Gasteiger partial charge in [0, 0.05) is 22.0 Å². The van der Waals surface area contributed by atoms with Gasteiger partial charge in [-0.25, -0.2) is 4.98 Å². The first-order valence-electron chi connectivity index (χ1n) is 5.99. The van der Waals surface area contributed by atoms with Gasteiger partial charge in [-0.2, -0.15) is 0 Å². The minimum absolute atomic E-state index is 0.0724. The van der Waals surface area contributed by atoms with Crippen molar-refractivity contribution in [2.45, 2.75) is 26.3 Å². The summed E-state index contributed by atoms with van der Waals surface area (Å²) in [4.78, 5) is 16.2. The summed E-state index contributed by atoms with van der Waals surface area (Å²) < 4.78 is 0. The molecule has 0 aliphatic carbocycles. The number of thiazole rings is 1. The average molecular weight is 275 g/mol. The lowest BCUT2D eigenvalue weighted by atomic mass is 10.1. The van der Waals surface area contributed by atoms with Crippen molar-refractivity contribution in [3.8, 4) is 11.3 Å². The fourth-order valence-corrected chi connectivity index (χ4v) is 2.20. The number of nitrogens with one attached hydrogen (secondary N) is 1. The van der Waals surface area contributed by atoms with Gasteiger partial charge in [0.15, 0.2) is 5.13 Å². The Balaban J connectivity index is 2.17. The molecular weight excluding hydrogens is 258 g/mol. The number of nitrogens with zero attached hydrogens (tertiary/aromatic N) is 1. The first-order chi connectivity index (χ1) is 8.85. The van der Waals surface area contributed by atoms with E-state index in [0.717, 1.165) is 11.3 Å². The van der Waals surface area contributed by atoms with Crippen LogP contribution < -0.4 is 11.1 Å². The molecule has 0 aliphatic heterocycles. The Bertz CT molecular complexity index is 581. The number of anilines is 1. The summed E-state index contributed by atoms with van der Waals surface area (Å²) in [5.41, 5.74) is 7.81. The van der Waals surface area contributed by atoms with Crippen molar-refractivity contribution >= 4 is 22.4 Å². The molecule has 4 nitrogen and oxygen atoms in total. The maximum Gasteiger partial charge on any atom is 0.251 e. The molecule has 0 spiro atoms. The Morgan fingerprint density at radius 2 is 1.89 bits per heavy atom. The van der Waals surface area contributed by atoms with Crippen LogP contribution in [0.3, 0.4) is 0 Å². The van der Waals surface area contributed by atoms with Gasteiger partial charge in [-0.15, -0.1) is 11.3 Å². The van der Waals surface area contributed by atoms with Gasteiger partial charge in [-0.1, -0.05) is 12.1 Å². The number of rotatable bonds is 2. The predicted octanol–water partition coefficient (Wildman–Crippen LogP) is 2.92. The molecular formula is C14H17N3OS. The molecule has 2 aromatic rings. The standard InChI is InChI=1S/C14H17N3OS/c1-14(2,3)17-12(18)10-6-4-9(5-7-10)11-8-19-13(15)16-11/h4-8H,1-3H3,(H2,15,16)(H,17,18). The molecule has 1 heterocycles. The molecule has 5 heteroatoms. The van der Waals surface area contributed by atoms with Crippen LogP contribution in [0, 0.1) is 0 Å². The second kappa shape index (κ2) is 5.01. The molecule has 19 heavy (non-hydrogen) atoms. The molecule has 1 aromatic heterocycles. The van der Waals surface area contributed by atoms with Crippen molar-refractivity contribution in [2.24, 2.45) is 0 Å². The van der Waals surface area contributed by atoms with Gasteiger partial charge in [0.05, 0.1) is 5.69 Å². The lowest BCUT2D eigenvalue weighted by molar-refractivity contribution is 0.0919. The van der Waals surface area contributed by atoms with E-state index in [0.29, 0.717) is 10.7 Å².